The Balaban J connectivity index is 0.00000182. The number of ether oxygens (including phenoxy) is 1. The average molecular weight is 413 g/mol. The summed E-state index contributed by atoms with van der Waals surface area (Å²) >= 11 is 0. The lowest BCUT2D eigenvalue weighted by atomic mass is 10.2. The summed E-state index contributed by atoms with van der Waals surface area (Å²) in [5.41, 5.74) is 0.640. The molecule has 1 amide bonds. The van der Waals surface area contributed by atoms with Crippen molar-refractivity contribution < 1.29 is 9.53 Å². The third kappa shape index (κ3) is 7.72. The number of rotatable bonds is 7. The van der Waals surface area contributed by atoms with E-state index in [1.807, 2.05) is 12.1 Å². The van der Waals surface area contributed by atoms with Crippen molar-refractivity contribution in [2.75, 3.05) is 39.3 Å². The molecule has 2 aromatic rings. The Hall–Kier alpha value is -1.86. The lowest BCUT2D eigenvalue weighted by Crippen LogP contribution is -2.44. The van der Waals surface area contributed by atoms with E-state index in [4.69, 9.17) is 4.74 Å². The number of amides is 1. The van der Waals surface area contributed by atoms with Crippen LogP contribution in [0.15, 0.2) is 48.8 Å². The Morgan fingerprint density at radius 3 is 2.52 bits per heavy atom. The fraction of sp³-hybridized carbons (Fsp3) is 0.368. The number of hydrogen-bond donors (Lipinski definition) is 2. The maximum atomic E-state index is 12.2. The molecule has 27 heavy (non-hydrogen) atoms. The van der Waals surface area contributed by atoms with Crippen LogP contribution in [-0.2, 0) is 0 Å². The summed E-state index contributed by atoms with van der Waals surface area (Å²) in [6, 6.07) is 10.8. The SMILES string of the molecule is Cl.Cl.O=C(NCCCN1CCNCC1)c1ccc(Oc2cccnc2)cc1. The van der Waals surface area contributed by atoms with Crippen LogP contribution in [0.5, 0.6) is 11.5 Å². The molecule has 2 N–H and O–H groups in total. The second-order valence-corrected chi connectivity index (χ2v) is 6.02. The number of carbonyl (C=O) groups is 1. The van der Waals surface area contributed by atoms with Crippen molar-refractivity contribution in [3.05, 3.63) is 54.4 Å². The van der Waals surface area contributed by atoms with Crippen molar-refractivity contribution in [1.82, 2.24) is 20.5 Å². The van der Waals surface area contributed by atoms with Gasteiger partial charge in [-0.15, -0.1) is 24.8 Å². The second kappa shape index (κ2) is 12.5. The van der Waals surface area contributed by atoms with Crippen LogP contribution in [0.3, 0.4) is 0 Å². The number of nitrogens with zero attached hydrogens (tertiary/aromatic N) is 2. The number of halogens is 2. The molecule has 0 radical (unpaired) electrons. The lowest BCUT2D eigenvalue weighted by Gasteiger charge is -2.27. The van der Waals surface area contributed by atoms with Crippen LogP contribution in [0.2, 0.25) is 0 Å². The number of nitrogens with one attached hydrogen (secondary N) is 2. The first-order chi connectivity index (χ1) is 12.3. The van der Waals surface area contributed by atoms with Crippen LogP contribution in [0.25, 0.3) is 0 Å². The van der Waals surface area contributed by atoms with Gasteiger partial charge in [0.25, 0.3) is 5.91 Å². The van der Waals surface area contributed by atoms with Crippen molar-refractivity contribution in [2.45, 2.75) is 6.42 Å². The zero-order chi connectivity index (χ0) is 17.3. The molecule has 1 aliphatic rings. The second-order valence-electron chi connectivity index (χ2n) is 6.02. The molecular weight excluding hydrogens is 387 g/mol. The molecular formula is C19H26Cl2N4O2. The Morgan fingerprint density at radius 1 is 1.11 bits per heavy atom. The third-order valence-electron chi connectivity index (χ3n) is 4.13. The number of piperazine rings is 1. The number of benzene rings is 1. The van der Waals surface area contributed by atoms with Gasteiger partial charge in [0.15, 0.2) is 0 Å². The highest BCUT2D eigenvalue weighted by molar-refractivity contribution is 5.94. The standard InChI is InChI=1S/C19H24N4O2.2ClH/c24-19(22-9-2-12-23-13-10-20-11-14-23)16-4-6-17(7-5-16)25-18-3-1-8-21-15-18;;/h1,3-8,15,20H,2,9-14H2,(H,22,24);2*1H. The fourth-order valence-electron chi connectivity index (χ4n) is 2.76. The van der Waals surface area contributed by atoms with Crippen molar-refractivity contribution >= 4 is 30.7 Å². The zero-order valence-corrected chi connectivity index (χ0v) is 16.7. The molecule has 0 saturated carbocycles. The molecule has 1 aliphatic heterocycles. The van der Waals surface area contributed by atoms with Crippen LogP contribution < -0.4 is 15.4 Å². The Kier molecular flexibility index (Phi) is 10.7. The average Bonchev–Trinajstić information content (AvgIpc) is 2.67. The Labute approximate surface area is 172 Å². The summed E-state index contributed by atoms with van der Waals surface area (Å²) in [6.07, 6.45) is 4.31. The van der Waals surface area contributed by atoms with Gasteiger partial charge in [-0.1, -0.05) is 0 Å². The van der Waals surface area contributed by atoms with Gasteiger partial charge < -0.3 is 20.3 Å². The van der Waals surface area contributed by atoms with E-state index >= 15 is 0 Å². The first-order valence-electron chi connectivity index (χ1n) is 8.70. The van der Waals surface area contributed by atoms with Crippen LogP contribution in [0.4, 0.5) is 0 Å². The Morgan fingerprint density at radius 2 is 1.85 bits per heavy atom. The van der Waals surface area contributed by atoms with Gasteiger partial charge >= 0.3 is 0 Å². The van der Waals surface area contributed by atoms with Crippen LogP contribution >= 0.6 is 24.8 Å². The third-order valence-corrected chi connectivity index (χ3v) is 4.13. The minimum absolute atomic E-state index is 0. The quantitative estimate of drug-likeness (QED) is 0.684. The first kappa shape index (κ1) is 23.2. The van der Waals surface area contributed by atoms with Gasteiger partial charge in [-0.3, -0.25) is 9.78 Å². The molecule has 0 aliphatic carbocycles. The molecule has 0 bridgehead atoms. The van der Waals surface area contributed by atoms with Crippen molar-refractivity contribution in [2.24, 2.45) is 0 Å². The van der Waals surface area contributed by atoms with Crippen LogP contribution in [0.1, 0.15) is 16.8 Å². The Bertz CT molecular complexity index is 665. The summed E-state index contributed by atoms with van der Waals surface area (Å²) in [7, 11) is 0. The van der Waals surface area contributed by atoms with E-state index in [0.29, 0.717) is 23.6 Å². The smallest absolute Gasteiger partial charge is 0.251 e. The molecule has 0 unspecified atom stereocenters. The van der Waals surface area contributed by atoms with Crippen molar-refractivity contribution in [1.29, 1.82) is 0 Å². The molecule has 0 atom stereocenters. The van der Waals surface area contributed by atoms with Gasteiger partial charge in [0, 0.05) is 44.5 Å². The van der Waals surface area contributed by atoms with E-state index in [0.717, 1.165) is 39.1 Å². The van der Waals surface area contributed by atoms with E-state index in [1.54, 1.807) is 36.7 Å². The maximum absolute atomic E-state index is 12.2. The molecule has 8 heteroatoms. The predicted molar refractivity (Wildman–Crippen MR) is 112 cm³/mol. The number of hydrogen-bond acceptors (Lipinski definition) is 5. The van der Waals surface area contributed by atoms with Crippen LogP contribution in [0, 0.1) is 0 Å². The molecule has 6 nitrogen and oxygen atoms in total. The van der Waals surface area contributed by atoms with Gasteiger partial charge in [0.1, 0.15) is 11.5 Å². The fourth-order valence-corrected chi connectivity index (χ4v) is 2.76. The summed E-state index contributed by atoms with van der Waals surface area (Å²) in [6.45, 7) is 6.01. The summed E-state index contributed by atoms with van der Waals surface area (Å²) in [4.78, 5) is 18.6. The minimum atomic E-state index is -0.0479. The van der Waals surface area contributed by atoms with E-state index in [1.165, 1.54) is 0 Å². The van der Waals surface area contributed by atoms with Crippen molar-refractivity contribution in [3.63, 3.8) is 0 Å². The number of carbonyl (C=O) groups excluding carboxylic acids is 1. The molecule has 0 spiro atoms. The normalized spacial score (nSPS) is 13.8. The topological polar surface area (TPSA) is 66.5 Å². The highest BCUT2D eigenvalue weighted by atomic mass is 35.5. The highest BCUT2D eigenvalue weighted by Crippen LogP contribution is 2.20. The maximum Gasteiger partial charge on any atom is 0.251 e. The molecule has 148 valence electrons. The van der Waals surface area contributed by atoms with E-state index in [-0.39, 0.29) is 30.7 Å². The first-order valence-corrected chi connectivity index (χ1v) is 8.70. The zero-order valence-electron chi connectivity index (χ0n) is 15.1. The van der Waals surface area contributed by atoms with Gasteiger partial charge in [-0.2, -0.15) is 0 Å². The molecule has 1 fully saturated rings. The monoisotopic (exact) mass is 412 g/mol. The van der Waals surface area contributed by atoms with Gasteiger partial charge in [0.2, 0.25) is 0 Å². The summed E-state index contributed by atoms with van der Waals surface area (Å²) in [5.74, 6) is 1.31. The predicted octanol–water partition coefficient (Wildman–Crippen LogP) is 2.74. The van der Waals surface area contributed by atoms with Gasteiger partial charge in [-0.05, 0) is 49.4 Å². The van der Waals surface area contributed by atoms with Crippen molar-refractivity contribution in [3.8, 4) is 11.5 Å². The molecule has 1 saturated heterocycles. The summed E-state index contributed by atoms with van der Waals surface area (Å²) < 4.78 is 5.67. The van der Waals surface area contributed by atoms with Crippen LogP contribution in [-0.4, -0.2) is 55.1 Å². The van der Waals surface area contributed by atoms with Gasteiger partial charge in [-0.25, -0.2) is 0 Å². The number of pyridine rings is 1. The number of aromatic nitrogens is 1. The largest absolute Gasteiger partial charge is 0.456 e. The van der Waals surface area contributed by atoms with E-state index in [2.05, 4.69) is 20.5 Å². The highest BCUT2D eigenvalue weighted by Gasteiger charge is 2.09. The molecule has 1 aromatic carbocycles. The lowest BCUT2D eigenvalue weighted by molar-refractivity contribution is 0.0951. The van der Waals surface area contributed by atoms with E-state index in [9.17, 15) is 4.79 Å². The van der Waals surface area contributed by atoms with Gasteiger partial charge in [0.05, 0.1) is 6.20 Å². The summed E-state index contributed by atoms with van der Waals surface area (Å²) in [5, 5.41) is 6.32. The minimum Gasteiger partial charge on any atom is -0.456 e. The molecule has 2 heterocycles. The molecule has 1 aromatic heterocycles. The van der Waals surface area contributed by atoms with E-state index < -0.39 is 0 Å². The molecule has 3 rings (SSSR count).